The fraction of sp³-hybridized carbons (Fsp3) is 0.556. The highest BCUT2D eigenvalue weighted by molar-refractivity contribution is 7.91. The van der Waals surface area contributed by atoms with Crippen LogP contribution in [-0.4, -0.2) is 15.0 Å². The molecule has 0 unspecified atom stereocenters. The quantitative estimate of drug-likeness (QED) is 0.766. The number of unbranched alkanes of at least 4 members (excludes halogenated alkanes) is 2. The van der Waals surface area contributed by atoms with Crippen molar-refractivity contribution < 1.29 is 8.42 Å². The monoisotopic (exact) mass is 233 g/mol. The van der Waals surface area contributed by atoms with E-state index in [4.69, 9.17) is 0 Å². The number of nitrogens with one attached hydrogen (secondary N) is 1. The van der Waals surface area contributed by atoms with E-state index >= 15 is 0 Å². The maximum atomic E-state index is 11.6. The van der Waals surface area contributed by atoms with Gasteiger partial charge in [-0.2, -0.15) is 0 Å². The predicted octanol–water partition coefficient (Wildman–Crippen LogP) is 2.22. The molecule has 0 fully saturated rings. The summed E-state index contributed by atoms with van der Waals surface area (Å²) in [6.07, 6.45) is 3.06. The van der Waals surface area contributed by atoms with Gasteiger partial charge in [0, 0.05) is 6.54 Å². The van der Waals surface area contributed by atoms with Gasteiger partial charge in [-0.1, -0.05) is 25.8 Å². The molecule has 1 rings (SSSR count). The summed E-state index contributed by atoms with van der Waals surface area (Å²) in [6.45, 7) is 2.63. The van der Waals surface area contributed by atoms with E-state index < -0.39 is 10.0 Å². The first-order valence-electron chi connectivity index (χ1n) is 4.70. The average molecular weight is 233 g/mol. The molecule has 1 aromatic rings. The minimum Gasteiger partial charge on any atom is -0.210 e. The van der Waals surface area contributed by atoms with Gasteiger partial charge in [-0.25, -0.2) is 13.1 Å². The molecule has 0 aliphatic carbocycles. The summed E-state index contributed by atoms with van der Waals surface area (Å²) in [5.74, 6) is 0. The van der Waals surface area contributed by atoms with E-state index in [0.717, 1.165) is 19.3 Å². The van der Waals surface area contributed by atoms with Gasteiger partial charge in [0.25, 0.3) is 0 Å². The third-order valence-electron chi connectivity index (χ3n) is 1.83. The lowest BCUT2D eigenvalue weighted by molar-refractivity contribution is 0.578. The molecule has 0 radical (unpaired) electrons. The molecule has 3 nitrogen and oxygen atoms in total. The van der Waals surface area contributed by atoms with Crippen LogP contribution in [0.25, 0.3) is 0 Å². The molecule has 0 saturated heterocycles. The summed E-state index contributed by atoms with van der Waals surface area (Å²) >= 11 is 1.24. The van der Waals surface area contributed by atoms with Crippen molar-refractivity contribution in [1.82, 2.24) is 4.72 Å². The van der Waals surface area contributed by atoms with Crippen LogP contribution in [0, 0.1) is 0 Å². The smallest absolute Gasteiger partial charge is 0.210 e. The van der Waals surface area contributed by atoms with E-state index in [1.54, 1.807) is 17.5 Å². The van der Waals surface area contributed by atoms with Crippen molar-refractivity contribution in [3.63, 3.8) is 0 Å². The lowest BCUT2D eigenvalue weighted by atomic mass is 10.3. The zero-order valence-corrected chi connectivity index (χ0v) is 9.83. The molecule has 1 N–H and O–H groups in total. The van der Waals surface area contributed by atoms with Crippen molar-refractivity contribution in [2.45, 2.75) is 30.4 Å². The topological polar surface area (TPSA) is 46.2 Å². The van der Waals surface area contributed by atoms with Gasteiger partial charge in [0.2, 0.25) is 10.0 Å². The van der Waals surface area contributed by atoms with Crippen LogP contribution >= 0.6 is 11.3 Å². The maximum Gasteiger partial charge on any atom is 0.250 e. The van der Waals surface area contributed by atoms with Crippen LogP contribution in [0.15, 0.2) is 21.7 Å². The lowest BCUT2D eigenvalue weighted by Gasteiger charge is -2.03. The molecule has 0 saturated carbocycles. The Morgan fingerprint density at radius 2 is 2.21 bits per heavy atom. The van der Waals surface area contributed by atoms with Crippen molar-refractivity contribution in [2.24, 2.45) is 0 Å². The molecule has 0 bridgehead atoms. The highest BCUT2D eigenvalue weighted by atomic mass is 32.2. The van der Waals surface area contributed by atoms with Crippen LogP contribution in [0.1, 0.15) is 26.2 Å². The van der Waals surface area contributed by atoms with Crippen LogP contribution in [0.5, 0.6) is 0 Å². The van der Waals surface area contributed by atoms with Crippen molar-refractivity contribution in [2.75, 3.05) is 6.54 Å². The Labute approximate surface area is 89.2 Å². The highest BCUT2D eigenvalue weighted by Gasteiger charge is 2.13. The van der Waals surface area contributed by atoms with Crippen LogP contribution < -0.4 is 4.72 Å². The molecular weight excluding hydrogens is 218 g/mol. The predicted molar refractivity (Wildman–Crippen MR) is 59.0 cm³/mol. The van der Waals surface area contributed by atoms with E-state index in [9.17, 15) is 8.42 Å². The molecule has 5 heteroatoms. The van der Waals surface area contributed by atoms with Gasteiger partial charge < -0.3 is 0 Å². The van der Waals surface area contributed by atoms with E-state index in [-0.39, 0.29) is 0 Å². The van der Waals surface area contributed by atoms with E-state index in [0.29, 0.717) is 10.8 Å². The Hall–Kier alpha value is -0.390. The summed E-state index contributed by atoms with van der Waals surface area (Å²) in [5.41, 5.74) is 0. The Balaban J connectivity index is 2.44. The molecule has 1 aromatic heterocycles. The summed E-state index contributed by atoms with van der Waals surface area (Å²) in [7, 11) is -3.23. The molecular formula is C9H15NO2S2. The Bertz CT molecular complexity index is 343. The Morgan fingerprint density at radius 1 is 1.43 bits per heavy atom. The van der Waals surface area contributed by atoms with Crippen molar-refractivity contribution in [1.29, 1.82) is 0 Å². The van der Waals surface area contributed by atoms with E-state index in [1.165, 1.54) is 11.3 Å². The summed E-state index contributed by atoms with van der Waals surface area (Å²) in [4.78, 5) is 0. The lowest BCUT2D eigenvalue weighted by Crippen LogP contribution is -2.23. The van der Waals surface area contributed by atoms with Gasteiger partial charge in [-0.15, -0.1) is 11.3 Å². The average Bonchev–Trinajstić information content (AvgIpc) is 2.65. The number of rotatable bonds is 6. The largest absolute Gasteiger partial charge is 0.250 e. The van der Waals surface area contributed by atoms with Crippen molar-refractivity contribution >= 4 is 21.4 Å². The highest BCUT2D eigenvalue weighted by Crippen LogP contribution is 2.15. The first-order chi connectivity index (χ1) is 6.67. The zero-order valence-electron chi connectivity index (χ0n) is 8.19. The number of sulfonamides is 1. The standard InChI is InChI=1S/C9H15NO2S2/c1-2-3-4-7-10-14(11,12)9-6-5-8-13-9/h5-6,8,10H,2-4,7H2,1H3. The van der Waals surface area contributed by atoms with Crippen LogP contribution in [0.3, 0.4) is 0 Å². The molecule has 0 aromatic carbocycles. The molecule has 14 heavy (non-hydrogen) atoms. The number of hydrogen-bond donors (Lipinski definition) is 1. The van der Waals surface area contributed by atoms with Gasteiger partial charge in [0.15, 0.2) is 0 Å². The third-order valence-corrected chi connectivity index (χ3v) is 4.69. The van der Waals surface area contributed by atoms with E-state index in [2.05, 4.69) is 11.6 Å². The normalized spacial score (nSPS) is 11.8. The number of hydrogen-bond acceptors (Lipinski definition) is 3. The molecule has 0 spiro atoms. The second kappa shape index (κ2) is 5.48. The van der Waals surface area contributed by atoms with Gasteiger partial charge in [-0.05, 0) is 17.9 Å². The zero-order chi connectivity index (χ0) is 10.4. The SMILES string of the molecule is CCCCCNS(=O)(=O)c1cccs1. The first kappa shape index (κ1) is 11.7. The second-order valence-corrected chi connectivity index (χ2v) is 5.98. The van der Waals surface area contributed by atoms with Crippen LogP contribution in [0.4, 0.5) is 0 Å². The third kappa shape index (κ3) is 3.40. The van der Waals surface area contributed by atoms with Gasteiger partial charge in [0.1, 0.15) is 4.21 Å². The molecule has 0 aliphatic rings. The van der Waals surface area contributed by atoms with Crippen molar-refractivity contribution in [3.05, 3.63) is 17.5 Å². The summed E-state index contributed by atoms with van der Waals surface area (Å²) in [6, 6.07) is 3.36. The van der Waals surface area contributed by atoms with Gasteiger partial charge in [0.05, 0.1) is 0 Å². The second-order valence-electron chi connectivity index (χ2n) is 3.04. The van der Waals surface area contributed by atoms with Gasteiger partial charge >= 0.3 is 0 Å². The minimum atomic E-state index is -3.23. The summed E-state index contributed by atoms with van der Waals surface area (Å²) < 4.78 is 26.1. The molecule has 0 atom stereocenters. The molecule has 80 valence electrons. The fourth-order valence-corrected chi connectivity index (χ4v) is 3.18. The molecule has 0 aliphatic heterocycles. The van der Waals surface area contributed by atoms with Crippen LogP contribution in [-0.2, 0) is 10.0 Å². The summed E-state index contributed by atoms with van der Waals surface area (Å²) in [5, 5.41) is 1.76. The Kier molecular flexibility index (Phi) is 4.57. The van der Waals surface area contributed by atoms with Crippen molar-refractivity contribution in [3.8, 4) is 0 Å². The maximum absolute atomic E-state index is 11.6. The Morgan fingerprint density at radius 3 is 2.79 bits per heavy atom. The molecule has 1 heterocycles. The molecule has 0 amide bonds. The van der Waals surface area contributed by atoms with Gasteiger partial charge in [-0.3, -0.25) is 0 Å². The first-order valence-corrected chi connectivity index (χ1v) is 7.06. The minimum absolute atomic E-state index is 0.397. The number of thiophene rings is 1. The van der Waals surface area contributed by atoms with E-state index in [1.807, 2.05) is 0 Å². The van der Waals surface area contributed by atoms with Crippen LogP contribution in [0.2, 0.25) is 0 Å². The fourth-order valence-electron chi connectivity index (χ4n) is 1.07.